The Kier molecular flexibility index (Phi) is 4.50. The van der Waals surface area contributed by atoms with Crippen molar-refractivity contribution in [2.24, 2.45) is 0 Å². The van der Waals surface area contributed by atoms with Crippen molar-refractivity contribution in [1.29, 1.82) is 0 Å². The third-order valence-corrected chi connectivity index (χ3v) is 4.21. The maximum atomic E-state index is 12.0. The smallest absolute Gasteiger partial charge is 0.231 e. The van der Waals surface area contributed by atoms with Crippen LogP contribution < -0.4 is 14.8 Å². The number of amides is 1. The molecule has 2 aromatic carbocycles. The van der Waals surface area contributed by atoms with E-state index < -0.39 is 0 Å². The summed E-state index contributed by atoms with van der Waals surface area (Å²) in [4.78, 5) is 12.0. The van der Waals surface area contributed by atoms with E-state index in [1.165, 1.54) is 0 Å². The van der Waals surface area contributed by atoms with Crippen molar-refractivity contribution in [1.82, 2.24) is 10.5 Å². The molecule has 0 saturated heterocycles. The first-order valence-electron chi connectivity index (χ1n) is 8.04. The van der Waals surface area contributed by atoms with Crippen LogP contribution in [0.5, 0.6) is 11.5 Å². The molecule has 3 aromatic rings. The summed E-state index contributed by atoms with van der Waals surface area (Å²) in [6.07, 6.45) is 0.282. The number of nitrogens with one attached hydrogen (secondary N) is 1. The van der Waals surface area contributed by atoms with Crippen molar-refractivity contribution in [3.63, 3.8) is 0 Å². The second kappa shape index (κ2) is 7.09. The van der Waals surface area contributed by atoms with Crippen molar-refractivity contribution < 1.29 is 18.8 Å². The molecule has 6 nitrogen and oxygen atoms in total. The molecule has 0 fully saturated rings. The molecule has 0 aliphatic carbocycles. The minimum Gasteiger partial charge on any atom is -0.454 e. The third-order valence-electron chi connectivity index (χ3n) is 3.96. The highest BCUT2D eigenvalue weighted by molar-refractivity contribution is 6.30. The average Bonchev–Trinajstić information content (AvgIpc) is 3.30. The van der Waals surface area contributed by atoms with E-state index in [2.05, 4.69) is 10.5 Å². The molecule has 1 aliphatic rings. The van der Waals surface area contributed by atoms with Gasteiger partial charge in [-0.15, -0.1) is 0 Å². The highest BCUT2D eigenvalue weighted by Crippen LogP contribution is 2.35. The maximum Gasteiger partial charge on any atom is 0.231 e. The van der Waals surface area contributed by atoms with Gasteiger partial charge in [-0.3, -0.25) is 4.79 Å². The summed E-state index contributed by atoms with van der Waals surface area (Å²) in [7, 11) is 0. The third kappa shape index (κ3) is 3.65. The fraction of sp³-hybridized carbons (Fsp3) is 0.158. The van der Waals surface area contributed by atoms with E-state index in [9.17, 15) is 4.79 Å². The van der Waals surface area contributed by atoms with Gasteiger partial charge in [-0.2, -0.15) is 0 Å². The lowest BCUT2D eigenvalue weighted by molar-refractivity contribution is -0.120. The van der Waals surface area contributed by atoms with E-state index in [-0.39, 0.29) is 19.1 Å². The largest absolute Gasteiger partial charge is 0.454 e. The summed E-state index contributed by atoms with van der Waals surface area (Å²) in [6, 6.07) is 14.5. The standard InChI is InChI=1S/C19H15ClN2O4/c20-14-4-1-12(2-5-14)7-19(23)21-10-15-9-17(26-22-15)13-3-6-16-18(8-13)25-11-24-16/h1-6,8-9H,7,10-11H2,(H,21,23). The van der Waals surface area contributed by atoms with Crippen LogP contribution in [0.2, 0.25) is 5.02 Å². The Morgan fingerprint density at radius 1 is 1.08 bits per heavy atom. The van der Waals surface area contributed by atoms with Gasteiger partial charge in [-0.25, -0.2) is 0 Å². The van der Waals surface area contributed by atoms with Crippen LogP contribution in [0.15, 0.2) is 53.1 Å². The van der Waals surface area contributed by atoms with Gasteiger partial charge in [0.15, 0.2) is 17.3 Å². The summed E-state index contributed by atoms with van der Waals surface area (Å²) in [5.41, 5.74) is 2.37. The van der Waals surface area contributed by atoms with E-state index in [4.69, 9.17) is 25.6 Å². The number of fused-ring (bicyclic) bond motifs is 1. The SMILES string of the molecule is O=C(Cc1ccc(Cl)cc1)NCc1cc(-c2ccc3c(c2)OCO3)on1. The van der Waals surface area contributed by atoms with Crippen molar-refractivity contribution in [3.8, 4) is 22.8 Å². The lowest BCUT2D eigenvalue weighted by Crippen LogP contribution is -2.24. The van der Waals surface area contributed by atoms with Crippen LogP contribution >= 0.6 is 11.6 Å². The van der Waals surface area contributed by atoms with E-state index in [1.807, 2.05) is 30.3 Å². The number of aromatic nitrogens is 1. The first-order chi connectivity index (χ1) is 12.7. The number of carbonyl (C=O) groups is 1. The molecule has 1 aromatic heterocycles. The Balaban J connectivity index is 1.36. The van der Waals surface area contributed by atoms with E-state index >= 15 is 0 Å². The van der Waals surface area contributed by atoms with Crippen molar-refractivity contribution >= 4 is 17.5 Å². The molecule has 26 heavy (non-hydrogen) atoms. The van der Waals surface area contributed by atoms with Crippen LogP contribution in [0, 0.1) is 0 Å². The predicted octanol–water partition coefficient (Wildman–Crippen LogP) is 3.58. The molecule has 1 amide bonds. The Hall–Kier alpha value is -2.99. The van der Waals surface area contributed by atoms with Gasteiger partial charge in [0.2, 0.25) is 12.7 Å². The van der Waals surface area contributed by atoms with Crippen LogP contribution in [-0.2, 0) is 17.8 Å². The Bertz CT molecular complexity index is 937. The second-order valence-electron chi connectivity index (χ2n) is 5.83. The van der Waals surface area contributed by atoms with Gasteiger partial charge in [-0.05, 0) is 35.9 Å². The zero-order valence-electron chi connectivity index (χ0n) is 13.7. The Labute approximate surface area is 154 Å². The first kappa shape index (κ1) is 16.5. The maximum absolute atomic E-state index is 12.0. The summed E-state index contributed by atoms with van der Waals surface area (Å²) in [6.45, 7) is 0.514. The lowest BCUT2D eigenvalue weighted by atomic mass is 10.1. The van der Waals surface area contributed by atoms with Crippen LogP contribution in [0.25, 0.3) is 11.3 Å². The van der Waals surface area contributed by atoms with Crippen LogP contribution in [-0.4, -0.2) is 17.9 Å². The molecule has 1 N–H and O–H groups in total. The summed E-state index contributed by atoms with van der Waals surface area (Å²) in [5.74, 6) is 1.89. The molecular weight excluding hydrogens is 356 g/mol. The van der Waals surface area contributed by atoms with Gasteiger partial charge in [0.05, 0.1) is 13.0 Å². The molecule has 0 spiro atoms. The summed E-state index contributed by atoms with van der Waals surface area (Å²) >= 11 is 5.84. The van der Waals surface area contributed by atoms with E-state index in [0.29, 0.717) is 34.5 Å². The normalized spacial score (nSPS) is 12.2. The lowest BCUT2D eigenvalue weighted by Gasteiger charge is -2.03. The molecular formula is C19H15ClN2O4. The molecule has 0 unspecified atom stereocenters. The van der Waals surface area contributed by atoms with Gasteiger partial charge in [0.25, 0.3) is 0 Å². The topological polar surface area (TPSA) is 73.6 Å². The number of halogens is 1. The zero-order valence-corrected chi connectivity index (χ0v) is 14.5. The van der Waals surface area contributed by atoms with E-state index in [1.54, 1.807) is 18.2 Å². The molecule has 4 rings (SSSR count). The second-order valence-corrected chi connectivity index (χ2v) is 6.27. The highest BCUT2D eigenvalue weighted by atomic mass is 35.5. The molecule has 1 aliphatic heterocycles. The number of benzene rings is 2. The number of ether oxygens (including phenoxy) is 2. The number of hydrogen-bond donors (Lipinski definition) is 1. The highest BCUT2D eigenvalue weighted by Gasteiger charge is 2.16. The minimum absolute atomic E-state index is 0.0973. The van der Waals surface area contributed by atoms with Gasteiger partial charge in [0.1, 0.15) is 5.69 Å². The van der Waals surface area contributed by atoms with Crippen LogP contribution in [0.4, 0.5) is 0 Å². The molecule has 132 valence electrons. The Morgan fingerprint density at radius 3 is 2.73 bits per heavy atom. The van der Waals surface area contributed by atoms with Gasteiger partial charge >= 0.3 is 0 Å². The fourth-order valence-corrected chi connectivity index (χ4v) is 2.75. The van der Waals surface area contributed by atoms with Gasteiger partial charge < -0.3 is 19.3 Å². The van der Waals surface area contributed by atoms with E-state index in [0.717, 1.165) is 11.1 Å². The zero-order chi connectivity index (χ0) is 17.9. The predicted molar refractivity (Wildman–Crippen MR) is 95.1 cm³/mol. The number of rotatable bonds is 5. The number of carbonyl (C=O) groups excluding carboxylic acids is 1. The fourth-order valence-electron chi connectivity index (χ4n) is 2.62. The van der Waals surface area contributed by atoms with Crippen molar-refractivity contribution in [3.05, 3.63) is 64.8 Å². The van der Waals surface area contributed by atoms with Gasteiger partial charge in [-0.1, -0.05) is 28.9 Å². The molecule has 0 bridgehead atoms. The quantitative estimate of drug-likeness (QED) is 0.743. The minimum atomic E-state index is -0.0973. The first-order valence-corrected chi connectivity index (χ1v) is 8.42. The number of hydrogen-bond acceptors (Lipinski definition) is 5. The summed E-state index contributed by atoms with van der Waals surface area (Å²) < 4.78 is 16.0. The molecule has 2 heterocycles. The molecule has 0 saturated carbocycles. The summed E-state index contributed by atoms with van der Waals surface area (Å²) in [5, 5.41) is 7.47. The monoisotopic (exact) mass is 370 g/mol. The average molecular weight is 371 g/mol. The van der Waals surface area contributed by atoms with Crippen LogP contribution in [0.1, 0.15) is 11.3 Å². The van der Waals surface area contributed by atoms with Crippen LogP contribution in [0.3, 0.4) is 0 Å². The molecule has 0 radical (unpaired) electrons. The molecule has 0 atom stereocenters. The van der Waals surface area contributed by atoms with Crippen molar-refractivity contribution in [2.75, 3.05) is 6.79 Å². The Morgan fingerprint density at radius 2 is 1.88 bits per heavy atom. The van der Waals surface area contributed by atoms with Gasteiger partial charge in [0, 0.05) is 16.7 Å². The van der Waals surface area contributed by atoms with Crippen molar-refractivity contribution in [2.45, 2.75) is 13.0 Å². The number of nitrogens with zero attached hydrogens (tertiary/aromatic N) is 1. The molecule has 7 heteroatoms.